The van der Waals surface area contributed by atoms with E-state index in [1.54, 1.807) is 0 Å². The molecule has 2 N–H and O–H groups in total. The SMILES string of the molecule is CC[C@]12CC[C@@H]3c4ccc(O)cc4CC[C@H]3[C@@H]1C[C@@H]([125I])[C@@H]2O. The standard InChI is InChI=1S/C19H25IO2/c1-2-19-8-7-14-13-6-4-12(21)9-11(13)3-5-15(14)16(19)10-17(20)18(19)22/h4,6,9,14-18,21-22H,2-3,5,7-8,10H2,1H3/t14-,15-,16+,17-,18+,19+/m1/s1/i20-2. The van der Waals surface area contributed by atoms with Crippen molar-refractivity contribution < 1.29 is 10.2 Å². The van der Waals surface area contributed by atoms with Gasteiger partial charge in [-0.2, -0.15) is 0 Å². The summed E-state index contributed by atoms with van der Waals surface area (Å²) in [5.41, 5.74) is 3.00. The van der Waals surface area contributed by atoms with Gasteiger partial charge in [0.15, 0.2) is 0 Å². The summed E-state index contributed by atoms with van der Waals surface area (Å²) in [5.74, 6) is 2.44. The number of benzene rings is 1. The van der Waals surface area contributed by atoms with E-state index in [4.69, 9.17) is 0 Å². The fourth-order valence-corrected chi connectivity index (χ4v) is 7.23. The lowest BCUT2D eigenvalue weighted by Gasteiger charge is -2.51. The molecule has 22 heavy (non-hydrogen) atoms. The molecule has 3 aliphatic carbocycles. The summed E-state index contributed by atoms with van der Waals surface area (Å²) < 4.78 is 0.419. The highest BCUT2D eigenvalue weighted by atomic mass is 125. The van der Waals surface area contributed by atoms with E-state index >= 15 is 0 Å². The first-order chi connectivity index (χ1) is 10.6. The highest BCUT2D eigenvalue weighted by Crippen LogP contribution is 2.63. The molecule has 0 heterocycles. The first kappa shape index (κ1) is 15.3. The molecule has 0 spiro atoms. The minimum Gasteiger partial charge on any atom is -0.508 e. The van der Waals surface area contributed by atoms with Gasteiger partial charge in [0, 0.05) is 9.34 Å². The minimum atomic E-state index is -0.120. The van der Waals surface area contributed by atoms with E-state index in [0.717, 1.165) is 25.2 Å². The van der Waals surface area contributed by atoms with E-state index in [2.05, 4.69) is 35.6 Å². The monoisotopic (exact) mass is 410 g/mol. The van der Waals surface area contributed by atoms with Gasteiger partial charge in [-0.05, 0) is 79.5 Å². The van der Waals surface area contributed by atoms with Crippen molar-refractivity contribution in [3.05, 3.63) is 29.3 Å². The zero-order chi connectivity index (χ0) is 15.5. The van der Waals surface area contributed by atoms with E-state index in [1.165, 1.54) is 30.4 Å². The smallest absolute Gasteiger partial charge is 0.115 e. The van der Waals surface area contributed by atoms with Crippen molar-refractivity contribution in [3.63, 3.8) is 0 Å². The van der Waals surface area contributed by atoms with Crippen molar-refractivity contribution in [2.45, 2.75) is 61.4 Å². The summed E-state index contributed by atoms with van der Waals surface area (Å²) in [6.07, 6.45) is 6.86. The molecule has 3 heteroatoms. The Morgan fingerprint density at radius 3 is 2.91 bits per heavy atom. The average molecular weight is 410 g/mol. The van der Waals surface area contributed by atoms with Crippen LogP contribution < -0.4 is 0 Å². The quantitative estimate of drug-likeness (QED) is 0.532. The van der Waals surface area contributed by atoms with Gasteiger partial charge in [-0.1, -0.05) is 35.6 Å². The minimum absolute atomic E-state index is 0.120. The lowest BCUT2D eigenvalue weighted by Crippen LogP contribution is -2.46. The molecule has 1 aromatic rings. The van der Waals surface area contributed by atoms with Crippen molar-refractivity contribution in [1.29, 1.82) is 0 Å². The summed E-state index contributed by atoms with van der Waals surface area (Å²) in [7, 11) is 0. The molecule has 120 valence electrons. The van der Waals surface area contributed by atoms with Gasteiger partial charge < -0.3 is 10.2 Å². The molecular formula is C19H25IO2. The summed E-state index contributed by atoms with van der Waals surface area (Å²) in [4.78, 5) is 0. The number of aromatic hydroxyl groups is 1. The molecule has 3 aliphatic rings. The van der Waals surface area contributed by atoms with Gasteiger partial charge in [0.05, 0.1) is 6.10 Å². The highest BCUT2D eigenvalue weighted by molar-refractivity contribution is 14.1. The Hall–Kier alpha value is -0.290. The normalized spacial score (nSPS) is 43.3. The number of rotatable bonds is 1. The fraction of sp³-hybridized carbons (Fsp3) is 0.684. The van der Waals surface area contributed by atoms with Gasteiger partial charge in [0.1, 0.15) is 5.75 Å². The van der Waals surface area contributed by atoms with Gasteiger partial charge in [-0.15, -0.1) is 0 Å². The molecule has 2 nitrogen and oxygen atoms in total. The number of aliphatic hydroxyl groups excluding tert-OH is 1. The van der Waals surface area contributed by atoms with Crippen LogP contribution in [0.15, 0.2) is 18.2 Å². The second kappa shape index (κ2) is 5.37. The average Bonchev–Trinajstić information content (AvgIpc) is 2.79. The summed E-state index contributed by atoms with van der Waals surface area (Å²) >= 11 is 2.48. The molecule has 0 unspecified atom stereocenters. The summed E-state index contributed by atoms with van der Waals surface area (Å²) in [6, 6.07) is 5.98. The molecule has 1 aromatic carbocycles. The van der Waals surface area contributed by atoms with Crippen LogP contribution in [0.4, 0.5) is 0 Å². The van der Waals surface area contributed by atoms with E-state index in [1.807, 2.05) is 12.1 Å². The second-order valence-electron chi connectivity index (χ2n) is 7.62. The maximum atomic E-state index is 10.8. The zero-order valence-electron chi connectivity index (χ0n) is 13.1. The number of aliphatic hydroxyl groups is 1. The third kappa shape index (κ3) is 2.00. The van der Waals surface area contributed by atoms with Gasteiger partial charge in [-0.3, -0.25) is 0 Å². The van der Waals surface area contributed by atoms with Crippen LogP contribution in [0.2, 0.25) is 0 Å². The van der Waals surface area contributed by atoms with E-state index < -0.39 is 0 Å². The van der Waals surface area contributed by atoms with E-state index in [9.17, 15) is 10.2 Å². The molecule has 2 saturated carbocycles. The van der Waals surface area contributed by atoms with Crippen molar-refractivity contribution >= 4 is 22.6 Å². The number of halogens is 1. The van der Waals surface area contributed by atoms with Crippen LogP contribution in [0.3, 0.4) is 0 Å². The van der Waals surface area contributed by atoms with Crippen molar-refractivity contribution in [3.8, 4) is 5.75 Å². The Kier molecular flexibility index (Phi) is 3.72. The van der Waals surface area contributed by atoms with Crippen LogP contribution in [-0.2, 0) is 6.42 Å². The van der Waals surface area contributed by atoms with Crippen LogP contribution in [-0.4, -0.2) is 20.2 Å². The molecule has 2 fully saturated rings. The van der Waals surface area contributed by atoms with Crippen LogP contribution in [0.25, 0.3) is 0 Å². The number of phenolic OH excluding ortho intramolecular Hbond substituents is 1. The van der Waals surface area contributed by atoms with Crippen molar-refractivity contribution in [2.75, 3.05) is 0 Å². The molecular weight excluding hydrogens is 385 g/mol. The maximum absolute atomic E-state index is 10.8. The number of hydrogen-bond acceptors (Lipinski definition) is 2. The summed E-state index contributed by atoms with van der Waals surface area (Å²) in [6.45, 7) is 2.28. The third-order valence-corrected chi connectivity index (χ3v) is 8.22. The van der Waals surface area contributed by atoms with Gasteiger partial charge in [-0.25, -0.2) is 0 Å². The Balaban J connectivity index is 1.72. The van der Waals surface area contributed by atoms with Crippen LogP contribution in [0.1, 0.15) is 56.1 Å². The van der Waals surface area contributed by atoms with E-state index in [0.29, 0.717) is 21.5 Å². The van der Waals surface area contributed by atoms with Crippen LogP contribution in [0, 0.1) is 17.3 Å². The fourth-order valence-electron chi connectivity index (χ4n) is 5.97. The molecule has 4 rings (SSSR count). The number of phenols is 1. The maximum Gasteiger partial charge on any atom is 0.115 e. The van der Waals surface area contributed by atoms with Gasteiger partial charge in [0.25, 0.3) is 0 Å². The predicted molar refractivity (Wildman–Crippen MR) is 96.5 cm³/mol. The highest BCUT2D eigenvalue weighted by Gasteiger charge is 2.58. The number of fused-ring (bicyclic) bond motifs is 5. The van der Waals surface area contributed by atoms with Gasteiger partial charge in [0.2, 0.25) is 0 Å². The Morgan fingerprint density at radius 2 is 2.14 bits per heavy atom. The predicted octanol–water partition coefficient (Wildman–Crippen LogP) is 4.41. The van der Waals surface area contributed by atoms with Crippen molar-refractivity contribution in [1.82, 2.24) is 0 Å². The van der Waals surface area contributed by atoms with E-state index in [-0.39, 0.29) is 11.5 Å². The second-order valence-corrected chi connectivity index (χ2v) is 9.22. The molecule has 0 aromatic heterocycles. The first-order valence-corrected chi connectivity index (χ1v) is 9.95. The number of hydrogen-bond donors (Lipinski definition) is 2. The van der Waals surface area contributed by atoms with Crippen LogP contribution >= 0.6 is 22.6 Å². The Morgan fingerprint density at radius 1 is 1.32 bits per heavy atom. The molecule has 0 saturated heterocycles. The molecule has 0 bridgehead atoms. The summed E-state index contributed by atoms with van der Waals surface area (Å²) in [5, 5.41) is 20.6. The number of aryl methyl sites for hydroxylation is 1. The Bertz CT molecular complexity index is 587. The largest absolute Gasteiger partial charge is 0.508 e. The lowest BCUT2D eigenvalue weighted by atomic mass is 9.54. The molecule has 6 atom stereocenters. The topological polar surface area (TPSA) is 40.5 Å². The molecule has 0 aliphatic heterocycles. The first-order valence-electron chi connectivity index (χ1n) is 8.70. The zero-order valence-corrected chi connectivity index (χ0v) is 15.3. The molecule has 0 radical (unpaired) electrons. The van der Waals surface area contributed by atoms with Crippen molar-refractivity contribution in [2.24, 2.45) is 17.3 Å². The Labute approximate surface area is 146 Å². The van der Waals surface area contributed by atoms with Gasteiger partial charge >= 0.3 is 0 Å². The third-order valence-electron chi connectivity index (χ3n) is 7.03. The lowest BCUT2D eigenvalue weighted by molar-refractivity contribution is -0.0377. The molecule has 0 amide bonds. The van der Waals surface area contributed by atoms with Crippen LogP contribution in [0.5, 0.6) is 5.75 Å². The number of alkyl halides is 1.